The van der Waals surface area contributed by atoms with Crippen LogP contribution in [-0.2, 0) is 20.8 Å². The first-order valence-electron chi connectivity index (χ1n) is 9.62. The van der Waals surface area contributed by atoms with Gasteiger partial charge in [0, 0.05) is 11.8 Å². The maximum atomic E-state index is 12.6. The van der Waals surface area contributed by atoms with Crippen molar-refractivity contribution in [2.75, 3.05) is 18.6 Å². The van der Waals surface area contributed by atoms with E-state index in [4.69, 9.17) is 14.2 Å². The van der Waals surface area contributed by atoms with Crippen LogP contribution in [0.15, 0.2) is 36.5 Å². The molecule has 8 nitrogen and oxygen atoms in total. The lowest BCUT2D eigenvalue weighted by molar-refractivity contribution is 0.0513. The highest BCUT2D eigenvalue weighted by Crippen LogP contribution is 2.44. The van der Waals surface area contributed by atoms with Crippen molar-refractivity contribution in [2.24, 2.45) is 0 Å². The third-order valence-corrected chi connectivity index (χ3v) is 4.42. The predicted molar refractivity (Wildman–Crippen MR) is 104 cm³/mol. The number of benzene rings is 1. The zero-order chi connectivity index (χ0) is 20.8. The van der Waals surface area contributed by atoms with Crippen LogP contribution >= 0.6 is 0 Å². The molecule has 1 fully saturated rings. The van der Waals surface area contributed by atoms with Crippen molar-refractivity contribution in [3.63, 3.8) is 0 Å². The topological polar surface area (TPSA) is 95.9 Å². The largest absolute Gasteiger partial charge is 0.462 e. The normalized spacial score (nSPS) is 12.9. The molecule has 0 radical (unpaired) electrons. The number of hydrogen-bond acceptors (Lipinski definition) is 6. The van der Waals surface area contributed by atoms with Crippen molar-refractivity contribution in [3.8, 4) is 0 Å². The van der Waals surface area contributed by atoms with Crippen LogP contribution in [0.1, 0.15) is 64.6 Å². The number of hydrogen-bond donors (Lipinski definition) is 1. The first-order chi connectivity index (χ1) is 14.0. The first-order valence-corrected chi connectivity index (χ1v) is 9.62. The van der Waals surface area contributed by atoms with Gasteiger partial charge in [0.2, 0.25) is 0 Å². The fourth-order valence-corrected chi connectivity index (χ4v) is 3.03. The number of amides is 1. The minimum Gasteiger partial charge on any atom is -0.462 e. The van der Waals surface area contributed by atoms with E-state index in [1.807, 2.05) is 30.3 Å². The molecule has 0 atom stereocenters. The molecule has 1 aliphatic rings. The molecule has 0 spiro atoms. The van der Waals surface area contributed by atoms with Gasteiger partial charge in [0.1, 0.15) is 6.61 Å². The minimum absolute atomic E-state index is 0.0530. The Morgan fingerprint density at radius 1 is 1.00 bits per heavy atom. The summed E-state index contributed by atoms with van der Waals surface area (Å²) in [5.74, 6) is -1.11. The number of rotatable bonds is 8. The van der Waals surface area contributed by atoms with Gasteiger partial charge in [-0.3, -0.25) is 0 Å². The number of aromatic nitrogens is 1. The number of ether oxygens (including phenoxy) is 3. The minimum atomic E-state index is -0.757. The van der Waals surface area contributed by atoms with Gasteiger partial charge < -0.3 is 14.2 Å². The third kappa shape index (κ3) is 4.96. The molecule has 0 unspecified atom stereocenters. The number of esters is 2. The maximum absolute atomic E-state index is 12.6. The van der Waals surface area contributed by atoms with E-state index >= 15 is 0 Å². The van der Waals surface area contributed by atoms with Gasteiger partial charge in [0.05, 0.1) is 18.8 Å². The average molecular weight is 400 g/mol. The number of nitrogens with one attached hydrogen (secondary N) is 1. The van der Waals surface area contributed by atoms with Crippen LogP contribution in [0.25, 0.3) is 0 Å². The molecular formula is C21H24N2O6. The van der Waals surface area contributed by atoms with Crippen LogP contribution in [0.3, 0.4) is 0 Å². The summed E-state index contributed by atoms with van der Waals surface area (Å²) in [6.07, 6.45) is 2.33. The Bertz CT molecular complexity index is 886. The molecule has 1 heterocycles. The Balaban J connectivity index is 1.85. The van der Waals surface area contributed by atoms with Crippen LogP contribution < -0.4 is 5.43 Å². The van der Waals surface area contributed by atoms with E-state index in [0.29, 0.717) is 5.56 Å². The lowest BCUT2D eigenvalue weighted by Crippen LogP contribution is -2.27. The summed E-state index contributed by atoms with van der Waals surface area (Å²) in [5.41, 5.74) is 4.25. The van der Waals surface area contributed by atoms with Crippen LogP contribution in [0.5, 0.6) is 0 Å². The predicted octanol–water partition coefficient (Wildman–Crippen LogP) is 3.60. The number of carbonyl (C=O) groups excluding carboxylic acids is 3. The Morgan fingerprint density at radius 2 is 1.66 bits per heavy atom. The van der Waals surface area contributed by atoms with Gasteiger partial charge in [-0.25, -0.2) is 24.5 Å². The molecule has 1 aromatic heterocycles. The summed E-state index contributed by atoms with van der Waals surface area (Å²) in [7, 11) is 0. The summed E-state index contributed by atoms with van der Waals surface area (Å²) in [5, 5.41) is 0. The van der Waals surface area contributed by atoms with E-state index in [9.17, 15) is 14.4 Å². The Hall–Kier alpha value is -3.29. The molecule has 1 aliphatic carbocycles. The van der Waals surface area contributed by atoms with Gasteiger partial charge >= 0.3 is 18.0 Å². The standard InChI is InChI=1S/C21H24N2O6/c1-3-27-19(24)16-12-23(18(20(25)28-4-2)17(16)15-10-11-15)22-21(26)29-13-14-8-6-5-7-9-14/h5-9,12,15H,3-4,10-11,13H2,1-2H3,(H,22,26). The summed E-state index contributed by atoms with van der Waals surface area (Å²) in [6, 6.07) is 9.21. The number of carbonyl (C=O) groups is 3. The van der Waals surface area contributed by atoms with Crippen molar-refractivity contribution in [1.82, 2.24) is 4.68 Å². The molecule has 1 saturated carbocycles. The zero-order valence-electron chi connectivity index (χ0n) is 16.5. The molecule has 154 valence electrons. The fourth-order valence-electron chi connectivity index (χ4n) is 3.03. The summed E-state index contributed by atoms with van der Waals surface area (Å²) in [6.45, 7) is 3.84. The first kappa shape index (κ1) is 20.4. The van der Waals surface area contributed by atoms with Crippen LogP contribution in [0, 0.1) is 0 Å². The quantitative estimate of drug-likeness (QED) is 0.537. The molecule has 1 aromatic carbocycles. The van der Waals surface area contributed by atoms with Crippen molar-refractivity contribution in [2.45, 2.75) is 39.2 Å². The second kappa shape index (κ2) is 9.27. The molecule has 29 heavy (non-hydrogen) atoms. The van der Waals surface area contributed by atoms with Crippen LogP contribution in [0.2, 0.25) is 0 Å². The SMILES string of the molecule is CCOC(=O)c1cn(NC(=O)OCc2ccccc2)c(C(=O)OCC)c1C1CC1. The van der Waals surface area contributed by atoms with Gasteiger partial charge in [-0.15, -0.1) is 0 Å². The summed E-state index contributed by atoms with van der Waals surface area (Å²) >= 11 is 0. The highest BCUT2D eigenvalue weighted by Gasteiger charge is 2.37. The third-order valence-electron chi connectivity index (χ3n) is 4.42. The molecule has 8 heteroatoms. The summed E-state index contributed by atoms with van der Waals surface area (Å²) in [4.78, 5) is 37.3. The van der Waals surface area contributed by atoms with Gasteiger partial charge in [-0.05, 0) is 38.2 Å². The number of nitrogens with zero attached hydrogens (tertiary/aromatic N) is 1. The smallest absolute Gasteiger partial charge is 0.426 e. The molecule has 1 N–H and O–H groups in total. The van der Waals surface area contributed by atoms with Gasteiger partial charge in [-0.1, -0.05) is 30.3 Å². The fraction of sp³-hybridized carbons (Fsp3) is 0.381. The summed E-state index contributed by atoms with van der Waals surface area (Å²) < 4.78 is 16.7. The van der Waals surface area contributed by atoms with E-state index in [1.165, 1.54) is 10.9 Å². The van der Waals surface area contributed by atoms with Crippen molar-refractivity contribution in [3.05, 3.63) is 58.9 Å². The highest BCUT2D eigenvalue weighted by molar-refractivity contribution is 5.99. The second-order valence-corrected chi connectivity index (χ2v) is 6.56. The Labute approximate surface area is 168 Å². The highest BCUT2D eigenvalue weighted by atomic mass is 16.6. The van der Waals surface area contributed by atoms with E-state index < -0.39 is 18.0 Å². The molecule has 1 amide bonds. The van der Waals surface area contributed by atoms with Gasteiger partial charge in [0.15, 0.2) is 5.69 Å². The van der Waals surface area contributed by atoms with Gasteiger partial charge in [0.25, 0.3) is 0 Å². The zero-order valence-corrected chi connectivity index (χ0v) is 16.5. The Kier molecular flexibility index (Phi) is 6.54. The van der Waals surface area contributed by atoms with Crippen LogP contribution in [0.4, 0.5) is 4.79 Å². The van der Waals surface area contributed by atoms with Crippen LogP contribution in [-0.4, -0.2) is 35.9 Å². The molecule has 0 saturated heterocycles. The van der Waals surface area contributed by atoms with Crippen molar-refractivity contribution < 1.29 is 28.6 Å². The maximum Gasteiger partial charge on any atom is 0.426 e. The average Bonchev–Trinajstić information content (AvgIpc) is 3.48. The molecular weight excluding hydrogens is 376 g/mol. The van der Waals surface area contributed by atoms with Crippen molar-refractivity contribution >= 4 is 18.0 Å². The monoisotopic (exact) mass is 400 g/mol. The lowest BCUT2D eigenvalue weighted by Gasteiger charge is -2.12. The van der Waals surface area contributed by atoms with Gasteiger partial charge in [-0.2, -0.15) is 0 Å². The van der Waals surface area contributed by atoms with E-state index in [1.54, 1.807) is 13.8 Å². The Morgan fingerprint density at radius 3 is 2.28 bits per heavy atom. The molecule has 3 rings (SSSR count). The second-order valence-electron chi connectivity index (χ2n) is 6.56. The van der Waals surface area contributed by atoms with E-state index in [2.05, 4.69) is 5.43 Å². The molecule has 0 bridgehead atoms. The lowest BCUT2D eigenvalue weighted by atomic mass is 10.1. The van der Waals surface area contributed by atoms with E-state index in [-0.39, 0.29) is 37.0 Å². The molecule has 0 aliphatic heterocycles. The van der Waals surface area contributed by atoms with Crippen molar-refractivity contribution in [1.29, 1.82) is 0 Å². The van der Waals surface area contributed by atoms with E-state index in [0.717, 1.165) is 18.4 Å². The molecule has 2 aromatic rings.